The SMILES string of the molecule is Cc1c(C(=O)NCCSc2ccc(Cl)cc2)cccc1N(C)S(C)(=O)=O. The number of sulfonamides is 1. The summed E-state index contributed by atoms with van der Waals surface area (Å²) in [6, 6.07) is 12.6. The van der Waals surface area contributed by atoms with Gasteiger partial charge < -0.3 is 5.32 Å². The summed E-state index contributed by atoms with van der Waals surface area (Å²) in [6.07, 6.45) is 1.13. The number of hydrogen-bond donors (Lipinski definition) is 1. The lowest BCUT2D eigenvalue weighted by molar-refractivity contribution is 0.0955. The summed E-state index contributed by atoms with van der Waals surface area (Å²) in [4.78, 5) is 13.5. The van der Waals surface area contributed by atoms with Crippen LogP contribution in [0, 0.1) is 6.92 Å². The van der Waals surface area contributed by atoms with E-state index in [-0.39, 0.29) is 5.91 Å². The largest absolute Gasteiger partial charge is 0.351 e. The predicted octanol–water partition coefficient (Wildman–Crippen LogP) is 3.57. The monoisotopic (exact) mass is 412 g/mol. The molecule has 0 bridgehead atoms. The van der Waals surface area contributed by atoms with Crippen LogP contribution >= 0.6 is 23.4 Å². The van der Waals surface area contributed by atoms with Gasteiger partial charge in [0.25, 0.3) is 5.91 Å². The summed E-state index contributed by atoms with van der Waals surface area (Å²) >= 11 is 7.47. The van der Waals surface area contributed by atoms with Crippen LogP contribution in [0.1, 0.15) is 15.9 Å². The van der Waals surface area contributed by atoms with E-state index in [2.05, 4.69) is 5.32 Å². The second-order valence-corrected chi connectivity index (χ2v) is 9.36. The van der Waals surface area contributed by atoms with Gasteiger partial charge in [-0.15, -0.1) is 11.8 Å². The molecule has 0 saturated carbocycles. The van der Waals surface area contributed by atoms with Crippen LogP contribution in [-0.2, 0) is 10.0 Å². The quantitative estimate of drug-likeness (QED) is 0.557. The first-order chi connectivity index (χ1) is 12.2. The fourth-order valence-corrected chi connectivity index (χ4v) is 3.80. The van der Waals surface area contributed by atoms with Crippen molar-refractivity contribution in [1.29, 1.82) is 0 Å². The molecule has 5 nitrogen and oxygen atoms in total. The maximum atomic E-state index is 12.4. The summed E-state index contributed by atoms with van der Waals surface area (Å²) in [5, 5.41) is 3.56. The molecule has 0 unspecified atom stereocenters. The van der Waals surface area contributed by atoms with Crippen molar-refractivity contribution in [2.75, 3.05) is 29.9 Å². The van der Waals surface area contributed by atoms with Crippen LogP contribution in [0.2, 0.25) is 5.02 Å². The zero-order valence-electron chi connectivity index (χ0n) is 14.8. The molecule has 8 heteroatoms. The highest BCUT2D eigenvalue weighted by atomic mass is 35.5. The van der Waals surface area contributed by atoms with Crippen LogP contribution in [0.4, 0.5) is 5.69 Å². The molecular weight excluding hydrogens is 392 g/mol. The van der Waals surface area contributed by atoms with Crippen LogP contribution in [0.3, 0.4) is 0 Å². The third kappa shape index (κ3) is 5.40. The zero-order valence-corrected chi connectivity index (χ0v) is 17.2. The Morgan fingerprint density at radius 1 is 1.19 bits per heavy atom. The van der Waals surface area contributed by atoms with E-state index in [1.54, 1.807) is 36.9 Å². The van der Waals surface area contributed by atoms with Gasteiger partial charge in [-0.05, 0) is 48.9 Å². The molecule has 1 N–H and O–H groups in total. The van der Waals surface area contributed by atoms with E-state index in [1.807, 2.05) is 24.3 Å². The molecule has 1 amide bonds. The maximum absolute atomic E-state index is 12.4. The van der Waals surface area contributed by atoms with Gasteiger partial charge in [-0.2, -0.15) is 0 Å². The number of halogens is 1. The van der Waals surface area contributed by atoms with Gasteiger partial charge in [-0.25, -0.2) is 8.42 Å². The van der Waals surface area contributed by atoms with Crippen LogP contribution in [-0.4, -0.2) is 39.9 Å². The van der Waals surface area contributed by atoms with Gasteiger partial charge in [0.2, 0.25) is 10.0 Å². The van der Waals surface area contributed by atoms with E-state index in [0.717, 1.165) is 16.9 Å². The average Bonchev–Trinajstić information content (AvgIpc) is 2.59. The second kappa shape index (κ2) is 8.79. The van der Waals surface area contributed by atoms with Crippen LogP contribution in [0.5, 0.6) is 0 Å². The Labute approximate surface area is 163 Å². The highest BCUT2D eigenvalue weighted by Gasteiger charge is 2.18. The maximum Gasteiger partial charge on any atom is 0.251 e. The lowest BCUT2D eigenvalue weighted by atomic mass is 10.1. The van der Waals surface area contributed by atoms with Crippen molar-refractivity contribution in [2.24, 2.45) is 0 Å². The molecule has 2 aromatic rings. The van der Waals surface area contributed by atoms with Crippen molar-refractivity contribution >= 4 is 45.0 Å². The summed E-state index contributed by atoms with van der Waals surface area (Å²) < 4.78 is 24.7. The minimum atomic E-state index is -3.39. The second-order valence-electron chi connectivity index (χ2n) is 5.74. The van der Waals surface area contributed by atoms with E-state index in [4.69, 9.17) is 11.6 Å². The van der Waals surface area contributed by atoms with E-state index >= 15 is 0 Å². The third-order valence-corrected chi connectivity index (χ3v) is 6.31. The number of amides is 1. The van der Waals surface area contributed by atoms with Crippen LogP contribution in [0.15, 0.2) is 47.4 Å². The first-order valence-corrected chi connectivity index (χ1v) is 11.1. The number of thioether (sulfide) groups is 1. The molecule has 0 fully saturated rings. The summed E-state index contributed by atoms with van der Waals surface area (Å²) in [6.45, 7) is 2.24. The van der Waals surface area contributed by atoms with E-state index in [1.165, 1.54) is 11.4 Å². The molecule has 140 valence electrons. The Morgan fingerprint density at radius 2 is 1.85 bits per heavy atom. The van der Waals surface area contributed by atoms with Gasteiger partial charge in [0.05, 0.1) is 11.9 Å². The number of nitrogens with zero attached hydrogens (tertiary/aromatic N) is 1. The number of nitrogens with one attached hydrogen (secondary N) is 1. The Morgan fingerprint density at radius 3 is 2.46 bits per heavy atom. The molecule has 0 aliphatic carbocycles. The lowest BCUT2D eigenvalue weighted by Gasteiger charge is -2.20. The number of rotatable bonds is 7. The molecule has 0 atom stereocenters. The Kier molecular flexibility index (Phi) is 6.97. The molecule has 0 aliphatic rings. The first kappa shape index (κ1) is 20.6. The Balaban J connectivity index is 1.98. The Bertz CT molecular complexity index is 884. The molecule has 0 spiro atoms. The highest BCUT2D eigenvalue weighted by molar-refractivity contribution is 7.99. The number of anilines is 1. The summed E-state index contributed by atoms with van der Waals surface area (Å²) in [7, 11) is -1.91. The van der Waals surface area contributed by atoms with E-state index in [9.17, 15) is 13.2 Å². The summed E-state index contributed by atoms with van der Waals surface area (Å²) in [5.41, 5.74) is 1.59. The normalized spacial score (nSPS) is 11.2. The molecule has 0 heterocycles. The molecule has 0 radical (unpaired) electrons. The molecular formula is C18H21ClN2O3S2. The minimum absolute atomic E-state index is 0.219. The molecule has 0 aromatic heterocycles. The van der Waals surface area contributed by atoms with Gasteiger partial charge in [-0.1, -0.05) is 17.7 Å². The van der Waals surface area contributed by atoms with Gasteiger partial charge >= 0.3 is 0 Å². The highest BCUT2D eigenvalue weighted by Crippen LogP contribution is 2.24. The standard InChI is InChI=1S/C18H21ClN2O3S2/c1-13-16(5-4-6-17(13)21(2)26(3,23)24)18(22)20-11-12-25-15-9-7-14(19)8-10-15/h4-10H,11-12H2,1-3H3,(H,20,22). The van der Waals surface area contributed by atoms with Gasteiger partial charge in [0.15, 0.2) is 0 Å². The van der Waals surface area contributed by atoms with Crippen molar-refractivity contribution in [3.63, 3.8) is 0 Å². The summed E-state index contributed by atoms with van der Waals surface area (Å²) in [5.74, 6) is 0.498. The lowest BCUT2D eigenvalue weighted by Crippen LogP contribution is -2.29. The van der Waals surface area contributed by atoms with Crippen molar-refractivity contribution in [3.05, 3.63) is 58.6 Å². The number of benzene rings is 2. The predicted molar refractivity (Wildman–Crippen MR) is 109 cm³/mol. The van der Waals surface area contributed by atoms with Crippen molar-refractivity contribution < 1.29 is 13.2 Å². The fourth-order valence-electron chi connectivity index (χ4n) is 2.35. The van der Waals surface area contributed by atoms with Gasteiger partial charge in [0.1, 0.15) is 0 Å². The first-order valence-electron chi connectivity index (χ1n) is 7.90. The molecule has 2 aromatic carbocycles. The zero-order chi connectivity index (χ0) is 19.3. The van der Waals surface area contributed by atoms with Gasteiger partial charge in [-0.3, -0.25) is 9.10 Å². The van der Waals surface area contributed by atoms with E-state index in [0.29, 0.717) is 28.4 Å². The average molecular weight is 413 g/mol. The molecule has 26 heavy (non-hydrogen) atoms. The number of carbonyl (C=O) groups is 1. The third-order valence-electron chi connectivity index (χ3n) is 3.86. The molecule has 2 rings (SSSR count). The van der Waals surface area contributed by atoms with Crippen molar-refractivity contribution in [1.82, 2.24) is 5.32 Å². The van der Waals surface area contributed by atoms with Gasteiger partial charge in [0, 0.05) is 34.8 Å². The smallest absolute Gasteiger partial charge is 0.251 e. The molecule has 0 saturated heterocycles. The van der Waals surface area contributed by atoms with Crippen LogP contribution < -0.4 is 9.62 Å². The van der Waals surface area contributed by atoms with Crippen molar-refractivity contribution in [3.8, 4) is 0 Å². The van der Waals surface area contributed by atoms with Crippen molar-refractivity contribution in [2.45, 2.75) is 11.8 Å². The number of carbonyl (C=O) groups excluding carboxylic acids is 1. The van der Waals surface area contributed by atoms with Crippen LogP contribution in [0.25, 0.3) is 0 Å². The Hall–Kier alpha value is -1.70. The minimum Gasteiger partial charge on any atom is -0.351 e. The fraction of sp³-hybridized carbons (Fsp3) is 0.278. The number of hydrogen-bond acceptors (Lipinski definition) is 4. The topological polar surface area (TPSA) is 66.5 Å². The molecule has 0 aliphatic heterocycles. The van der Waals surface area contributed by atoms with E-state index < -0.39 is 10.0 Å².